The van der Waals surface area contributed by atoms with Gasteiger partial charge in [-0.1, -0.05) is 60.7 Å². The van der Waals surface area contributed by atoms with Crippen LogP contribution in [-0.4, -0.2) is 37.1 Å². The average molecular weight is 412 g/mol. The smallest absolute Gasteiger partial charge is 0.408 e. The van der Waals surface area contributed by atoms with Gasteiger partial charge in [0.2, 0.25) is 5.91 Å². The molecule has 0 saturated heterocycles. The Morgan fingerprint density at radius 3 is 2.23 bits per heavy atom. The molecule has 0 fully saturated rings. The summed E-state index contributed by atoms with van der Waals surface area (Å²) in [5.41, 5.74) is 12.6. The minimum absolute atomic E-state index is 0.00547. The number of amides is 2. The summed E-state index contributed by atoms with van der Waals surface area (Å²) in [6.07, 6.45) is 0.970. The third-order valence-electron chi connectivity index (χ3n) is 4.32. The van der Waals surface area contributed by atoms with Crippen molar-refractivity contribution >= 4 is 18.0 Å². The van der Waals surface area contributed by atoms with Crippen molar-refractivity contribution < 1.29 is 14.3 Å². The maximum absolute atomic E-state index is 12.6. The second-order valence-corrected chi connectivity index (χ2v) is 6.73. The molecule has 30 heavy (non-hydrogen) atoms. The first-order valence-electron chi connectivity index (χ1n) is 9.89. The molecule has 1 unspecified atom stereocenters. The summed E-state index contributed by atoms with van der Waals surface area (Å²) < 4.78 is 5.23. The maximum atomic E-state index is 12.6. The first-order valence-corrected chi connectivity index (χ1v) is 9.89. The summed E-state index contributed by atoms with van der Waals surface area (Å²) >= 11 is 0. The molecule has 6 N–H and O–H groups in total. The Morgan fingerprint density at radius 2 is 1.60 bits per heavy atom. The van der Waals surface area contributed by atoms with Gasteiger partial charge in [-0.25, -0.2) is 4.79 Å². The van der Waals surface area contributed by atoms with Crippen molar-refractivity contribution in [2.24, 2.45) is 16.5 Å². The maximum Gasteiger partial charge on any atom is 0.408 e. The zero-order valence-corrected chi connectivity index (χ0v) is 16.9. The predicted molar refractivity (Wildman–Crippen MR) is 117 cm³/mol. The molecule has 0 saturated carbocycles. The number of carbonyl (C=O) groups excluding carboxylic acids is 2. The Hall–Kier alpha value is -3.55. The van der Waals surface area contributed by atoms with Gasteiger partial charge in [-0.3, -0.25) is 9.79 Å². The van der Waals surface area contributed by atoms with E-state index in [2.05, 4.69) is 15.6 Å². The summed E-state index contributed by atoms with van der Waals surface area (Å²) in [7, 11) is 0. The van der Waals surface area contributed by atoms with Crippen LogP contribution in [0.3, 0.4) is 0 Å². The fraction of sp³-hybridized carbons (Fsp3) is 0.318. The fourth-order valence-corrected chi connectivity index (χ4v) is 2.78. The molecule has 2 rings (SSSR count). The summed E-state index contributed by atoms with van der Waals surface area (Å²) in [5, 5.41) is 5.51. The molecule has 0 aromatic heterocycles. The minimum Gasteiger partial charge on any atom is -0.445 e. The van der Waals surface area contributed by atoms with Crippen LogP contribution >= 0.6 is 0 Å². The van der Waals surface area contributed by atoms with Gasteiger partial charge >= 0.3 is 6.09 Å². The number of nitrogens with two attached hydrogens (primary N) is 2. The van der Waals surface area contributed by atoms with Gasteiger partial charge in [0.15, 0.2) is 5.96 Å². The molecule has 0 aliphatic carbocycles. The van der Waals surface area contributed by atoms with E-state index in [1.54, 1.807) is 0 Å². The third-order valence-corrected chi connectivity index (χ3v) is 4.32. The number of rotatable bonds is 11. The lowest BCUT2D eigenvalue weighted by Crippen LogP contribution is -2.47. The molecular weight excluding hydrogens is 382 g/mol. The SMILES string of the molecule is NC(N)=NCCCC(NC(=O)OCc1ccccc1)C(=O)NCCc1ccccc1. The normalized spacial score (nSPS) is 11.2. The van der Waals surface area contributed by atoms with Crippen molar-refractivity contribution in [3.63, 3.8) is 0 Å². The second-order valence-electron chi connectivity index (χ2n) is 6.73. The lowest BCUT2D eigenvalue weighted by Gasteiger charge is -2.18. The van der Waals surface area contributed by atoms with Crippen molar-refractivity contribution in [2.75, 3.05) is 13.1 Å². The van der Waals surface area contributed by atoms with Gasteiger partial charge in [-0.15, -0.1) is 0 Å². The molecule has 0 spiro atoms. The number of carbonyl (C=O) groups is 2. The lowest BCUT2D eigenvalue weighted by atomic mass is 10.1. The van der Waals surface area contributed by atoms with Crippen molar-refractivity contribution in [3.05, 3.63) is 71.8 Å². The largest absolute Gasteiger partial charge is 0.445 e. The molecular formula is C22H29N5O3. The highest BCUT2D eigenvalue weighted by Crippen LogP contribution is 2.04. The van der Waals surface area contributed by atoms with E-state index in [9.17, 15) is 9.59 Å². The Balaban J connectivity index is 1.85. The molecule has 8 heteroatoms. The number of nitrogens with one attached hydrogen (secondary N) is 2. The average Bonchev–Trinajstić information content (AvgIpc) is 2.75. The number of hydrogen-bond acceptors (Lipinski definition) is 4. The van der Waals surface area contributed by atoms with Crippen LogP contribution in [0.5, 0.6) is 0 Å². The molecule has 0 aliphatic rings. The molecule has 160 valence electrons. The molecule has 0 radical (unpaired) electrons. The van der Waals surface area contributed by atoms with Gasteiger partial charge in [0.25, 0.3) is 0 Å². The minimum atomic E-state index is -0.738. The lowest BCUT2D eigenvalue weighted by molar-refractivity contribution is -0.123. The number of guanidine groups is 1. The van der Waals surface area contributed by atoms with Crippen LogP contribution in [0.2, 0.25) is 0 Å². The van der Waals surface area contributed by atoms with Gasteiger partial charge in [0, 0.05) is 13.1 Å². The number of nitrogens with zero attached hydrogens (tertiary/aromatic N) is 1. The number of benzene rings is 2. The quantitative estimate of drug-likeness (QED) is 0.254. The molecule has 2 amide bonds. The van der Waals surface area contributed by atoms with Gasteiger partial charge in [-0.2, -0.15) is 0 Å². The van der Waals surface area contributed by atoms with Crippen molar-refractivity contribution in [1.82, 2.24) is 10.6 Å². The van der Waals surface area contributed by atoms with Crippen LogP contribution in [0.1, 0.15) is 24.0 Å². The van der Waals surface area contributed by atoms with E-state index >= 15 is 0 Å². The standard InChI is InChI=1S/C22H29N5O3/c23-21(24)26-14-7-12-19(20(28)25-15-13-17-8-3-1-4-9-17)27-22(29)30-16-18-10-5-2-6-11-18/h1-6,8-11,19H,7,12-16H2,(H,25,28)(H,27,29)(H4,23,24,26). The van der Waals surface area contributed by atoms with Crippen molar-refractivity contribution in [1.29, 1.82) is 0 Å². The monoisotopic (exact) mass is 411 g/mol. The van der Waals surface area contributed by atoms with Crippen molar-refractivity contribution in [2.45, 2.75) is 31.9 Å². The molecule has 0 aliphatic heterocycles. The highest BCUT2D eigenvalue weighted by Gasteiger charge is 2.21. The first-order chi connectivity index (χ1) is 14.5. The summed E-state index contributed by atoms with van der Waals surface area (Å²) in [6.45, 7) is 0.966. The van der Waals surface area contributed by atoms with E-state index in [1.165, 1.54) is 0 Å². The van der Waals surface area contributed by atoms with Crippen LogP contribution in [0.25, 0.3) is 0 Å². The van der Waals surface area contributed by atoms with Gasteiger partial charge in [-0.05, 0) is 30.4 Å². The topological polar surface area (TPSA) is 132 Å². The molecule has 1 atom stereocenters. The van der Waals surface area contributed by atoms with E-state index in [0.717, 1.165) is 11.1 Å². The van der Waals surface area contributed by atoms with E-state index < -0.39 is 12.1 Å². The zero-order valence-electron chi connectivity index (χ0n) is 16.9. The summed E-state index contributed by atoms with van der Waals surface area (Å²) in [6, 6.07) is 18.4. The van der Waals surface area contributed by atoms with Gasteiger partial charge in [0.05, 0.1) is 0 Å². The van der Waals surface area contributed by atoms with E-state index in [-0.39, 0.29) is 18.5 Å². The Kier molecular flexibility index (Phi) is 9.72. The van der Waals surface area contributed by atoms with Crippen LogP contribution in [0, 0.1) is 0 Å². The van der Waals surface area contributed by atoms with Crippen LogP contribution in [0.4, 0.5) is 4.79 Å². The zero-order chi connectivity index (χ0) is 21.6. The number of hydrogen-bond donors (Lipinski definition) is 4. The number of ether oxygens (including phenoxy) is 1. The van der Waals surface area contributed by atoms with Crippen molar-refractivity contribution in [3.8, 4) is 0 Å². The molecule has 0 heterocycles. The van der Waals surface area contributed by atoms with Crippen LogP contribution in [0.15, 0.2) is 65.7 Å². The fourth-order valence-electron chi connectivity index (χ4n) is 2.78. The Bertz CT molecular complexity index is 808. The van der Waals surface area contributed by atoms with Gasteiger partial charge < -0.3 is 26.8 Å². The summed E-state index contributed by atoms with van der Waals surface area (Å²) in [4.78, 5) is 28.7. The molecule has 2 aromatic carbocycles. The highest BCUT2D eigenvalue weighted by molar-refractivity contribution is 5.85. The van der Waals surface area contributed by atoms with E-state index in [1.807, 2.05) is 60.7 Å². The highest BCUT2D eigenvalue weighted by atomic mass is 16.5. The Labute approximate surface area is 176 Å². The molecule has 2 aromatic rings. The molecule has 8 nitrogen and oxygen atoms in total. The van der Waals surface area contributed by atoms with E-state index in [4.69, 9.17) is 16.2 Å². The summed E-state index contributed by atoms with van der Waals surface area (Å²) in [5.74, 6) is -0.276. The molecule has 0 bridgehead atoms. The second kappa shape index (κ2) is 12.8. The van der Waals surface area contributed by atoms with E-state index in [0.29, 0.717) is 32.4 Å². The Morgan fingerprint density at radius 1 is 0.967 bits per heavy atom. The van der Waals surface area contributed by atoms with Crippen LogP contribution in [-0.2, 0) is 22.6 Å². The third kappa shape index (κ3) is 9.09. The predicted octanol–water partition coefficient (Wildman–Crippen LogP) is 1.69. The first kappa shape index (κ1) is 22.7. The number of alkyl carbamates (subject to hydrolysis) is 1. The van der Waals surface area contributed by atoms with Gasteiger partial charge in [0.1, 0.15) is 12.6 Å². The number of aliphatic imine (C=N–C) groups is 1. The van der Waals surface area contributed by atoms with Crippen LogP contribution < -0.4 is 22.1 Å².